The Labute approximate surface area is 69.0 Å². The summed E-state index contributed by atoms with van der Waals surface area (Å²) in [6.07, 6.45) is 0. The molecule has 0 atom stereocenters. The molecule has 8 heteroatoms. The SMILES string of the molecule is O.O=P(O)(O)O.[AlH3].[LiH]. The van der Waals surface area contributed by atoms with Gasteiger partial charge in [-0.15, -0.1) is 0 Å². The summed E-state index contributed by atoms with van der Waals surface area (Å²) >= 11 is 0. The molecule has 0 rings (SSSR count). The van der Waals surface area contributed by atoms with Gasteiger partial charge in [0.1, 0.15) is 0 Å². The van der Waals surface area contributed by atoms with Crippen LogP contribution in [0.1, 0.15) is 0 Å². The Bertz CT molecular complexity index is 58.6. The van der Waals surface area contributed by atoms with E-state index in [0.29, 0.717) is 0 Å². The second-order valence-corrected chi connectivity index (χ2v) is 1.54. The van der Waals surface area contributed by atoms with Crippen LogP contribution in [0.3, 0.4) is 0 Å². The predicted octanol–water partition coefficient (Wildman–Crippen LogP) is -3.59. The molecule has 48 valence electrons. The first kappa shape index (κ1) is 22.9. The van der Waals surface area contributed by atoms with Crippen LogP contribution < -0.4 is 0 Å². The van der Waals surface area contributed by atoms with Gasteiger partial charge in [-0.3, -0.25) is 0 Å². The van der Waals surface area contributed by atoms with Crippen LogP contribution >= 0.6 is 7.82 Å². The summed E-state index contributed by atoms with van der Waals surface area (Å²) in [6, 6.07) is 0. The first-order valence-corrected chi connectivity index (χ1v) is 2.35. The number of hydrogen-bond donors (Lipinski definition) is 3. The van der Waals surface area contributed by atoms with Crippen LogP contribution in [-0.4, -0.2) is 56.4 Å². The average molecular weight is 154 g/mol. The zero-order valence-corrected chi connectivity index (χ0v) is 3.59. The first-order valence-electron chi connectivity index (χ1n) is 0.783. The number of phosphoric acid groups is 1. The van der Waals surface area contributed by atoms with E-state index in [1.807, 2.05) is 0 Å². The fourth-order valence-corrected chi connectivity index (χ4v) is 0. The summed E-state index contributed by atoms with van der Waals surface area (Å²) in [5, 5.41) is 0. The molecule has 0 aromatic heterocycles. The third-order valence-electron chi connectivity index (χ3n) is 0. The topological polar surface area (TPSA) is 109 Å². The zero-order chi connectivity index (χ0) is 4.50. The van der Waals surface area contributed by atoms with Crippen molar-refractivity contribution in [1.82, 2.24) is 0 Å². The molecule has 5 nitrogen and oxygen atoms in total. The molecule has 0 fully saturated rings. The molecule has 0 saturated carbocycles. The van der Waals surface area contributed by atoms with Crippen LogP contribution in [0.5, 0.6) is 0 Å². The Morgan fingerprint density at radius 1 is 1.12 bits per heavy atom. The van der Waals surface area contributed by atoms with Crippen molar-refractivity contribution >= 4 is 44.0 Å². The van der Waals surface area contributed by atoms with Crippen molar-refractivity contribution in [3.05, 3.63) is 0 Å². The van der Waals surface area contributed by atoms with Gasteiger partial charge in [0.15, 0.2) is 17.4 Å². The molecular formula is H9AlLiO5P. The summed E-state index contributed by atoms with van der Waals surface area (Å²) in [5.41, 5.74) is 0. The van der Waals surface area contributed by atoms with Crippen molar-refractivity contribution in [2.24, 2.45) is 0 Å². The van der Waals surface area contributed by atoms with E-state index in [4.69, 9.17) is 19.2 Å². The van der Waals surface area contributed by atoms with Gasteiger partial charge in [-0.2, -0.15) is 0 Å². The normalized spacial score (nSPS) is 7.38. The molecule has 0 spiro atoms. The molecule has 0 unspecified atom stereocenters. The van der Waals surface area contributed by atoms with Crippen molar-refractivity contribution in [2.75, 3.05) is 0 Å². The quantitative estimate of drug-likeness (QED) is 0.247. The average Bonchev–Trinajstić information content (AvgIpc) is 0.722. The number of hydrogen-bond acceptors (Lipinski definition) is 1. The third-order valence-corrected chi connectivity index (χ3v) is 0. The monoisotopic (exact) mass is 154 g/mol. The minimum absolute atomic E-state index is 0. The molecule has 0 aliphatic rings. The molecule has 0 aromatic rings. The molecule has 0 bridgehead atoms. The Morgan fingerprint density at radius 2 is 1.12 bits per heavy atom. The molecular weight excluding hydrogens is 145 g/mol. The van der Waals surface area contributed by atoms with Gasteiger partial charge in [0.05, 0.1) is 0 Å². The van der Waals surface area contributed by atoms with Gasteiger partial charge in [-0.25, -0.2) is 4.57 Å². The van der Waals surface area contributed by atoms with Gasteiger partial charge in [-0.1, -0.05) is 0 Å². The molecule has 8 heavy (non-hydrogen) atoms. The van der Waals surface area contributed by atoms with E-state index < -0.39 is 7.82 Å². The third kappa shape index (κ3) is 192. The van der Waals surface area contributed by atoms with Crippen LogP contribution in [-0.2, 0) is 4.57 Å². The van der Waals surface area contributed by atoms with E-state index in [9.17, 15) is 0 Å². The molecule has 0 heterocycles. The van der Waals surface area contributed by atoms with Crippen LogP contribution in [0.4, 0.5) is 0 Å². The van der Waals surface area contributed by atoms with E-state index in [1.54, 1.807) is 0 Å². The van der Waals surface area contributed by atoms with E-state index in [2.05, 4.69) is 0 Å². The van der Waals surface area contributed by atoms with Crippen molar-refractivity contribution in [3.8, 4) is 0 Å². The predicted molar refractivity (Wildman–Crippen MR) is 35.0 cm³/mol. The van der Waals surface area contributed by atoms with Gasteiger partial charge >= 0.3 is 26.7 Å². The van der Waals surface area contributed by atoms with Crippen molar-refractivity contribution < 1.29 is 24.7 Å². The van der Waals surface area contributed by atoms with E-state index in [0.717, 1.165) is 0 Å². The Kier molecular flexibility index (Phi) is 23.4. The van der Waals surface area contributed by atoms with E-state index in [-0.39, 0.29) is 41.7 Å². The van der Waals surface area contributed by atoms with Gasteiger partial charge in [0.2, 0.25) is 0 Å². The minimum atomic E-state index is -4.64. The maximum absolute atomic E-state index is 8.88. The van der Waals surface area contributed by atoms with Gasteiger partial charge in [0.25, 0.3) is 0 Å². The summed E-state index contributed by atoms with van der Waals surface area (Å²) < 4.78 is 8.88. The van der Waals surface area contributed by atoms with Crippen molar-refractivity contribution in [2.45, 2.75) is 0 Å². The molecule has 0 radical (unpaired) electrons. The summed E-state index contributed by atoms with van der Waals surface area (Å²) in [6.45, 7) is 0. The van der Waals surface area contributed by atoms with Gasteiger partial charge < -0.3 is 20.2 Å². The molecule has 5 N–H and O–H groups in total. The summed E-state index contributed by atoms with van der Waals surface area (Å²) in [4.78, 5) is 21.6. The summed E-state index contributed by atoms with van der Waals surface area (Å²) in [7, 11) is -4.64. The van der Waals surface area contributed by atoms with Crippen LogP contribution in [0.25, 0.3) is 0 Å². The molecule has 0 aliphatic carbocycles. The maximum atomic E-state index is 8.88. The molecule has 0 amide bonds. The van der Waals surface area contributed by atoms with Crippen molar-refractivity contribution in [3.63, 3.8) is 0 Å². The van der Waals surface area contributed by atoms with Crippen LogP contribution in [0.15, 0.2) is 0 Å². The number of rotatable bonds is 0. The summed E-state index contributed by atoms with van der Waals surface area (Å²) in [5.74, 6) is 0. The zero-order valence-electron chi connectivity index (χ0n) is 2.70. The second kappa shape index (κ2) is 8.20. The second-order valence-electron chi connectivity index (χ2n) is 0.513. The van der Waals surface area contributed by atoms with Gasteiger partial charge in [0, 0.05) is 0 Å². The molecule has 0 aliphatic heterocycles. The van der Waals surface area contributed by atoms with E-state index >= 15 is 0 Å². The Morgan fingerprint density at radius 3 is 1.12 bits per heavy atom. The molecule has 0 aromatic carbocycles. The fourth-order valence-electron chi connectivity index (χ4n) is 0. The standard InChI is InChI=1S/Al.Li.H3O4P.H2O.4H/c;;1-5(2,3)4;;;;;/h;;(H3,1,2,3,4);1H2;;;;. The Balaban J connectivity index is -0.0000000267. The molecule has 0 saturated heterocycles. The van der Waals surface area contributed by atoms with Gasteiger partial charge in [-0.05, 0) is 0 Å². The van der Waals surface area contributed by atoms with Crippen LogP contribution in [0, 0.1) is 0 Å². The van der Waals surface area contributed by atoms with E-state index in [1.165, 1.54) is 0 Å². The van der Waals surface area contributed by atoms with Crippen LogP contribution in [0.2, 0.25) is 0 Å². The fraction of sp³-hybridized carbons (Fsp3) is 0. The first-order chi connectivity index (χ1) is 2.00. The Hall–Kier alpha value is 1.20. The van der Waals surface area contributed by atoms with Crippen molar-refractivity contribution in [1.29, 1.82) is 0 Å².